The standard InChI is InChI=1S/C6H9N3.H3N.H3P/c7-4-2-1-3-5(8)6(4)9;;/h1-3H,7-9H2;2*1H3. The lowest BCUT2D eigenvalue weighted by atomic mass is 10.2. The third-order valence-corrected chi connectivity index (χ3v) is 1.17. The third kappa shape index (κ3) is 2.62. The van der Waals surface area contributed by atoms with E-state index in [0.717, 1.165) is 0 Å². The van der Waals surface area contributed by atoms with E-state index >= 15 is 0 Å². The second-order valence-corrected chi connectivity index (χ2v) is 1.85. The van der Waals surface area contributed by atoms with Crippen molar-refractivity contribution in [3.05, 3.63) is 18.2 Å². The summed E-state index contributed by atoms with van der Waals surface area (Å²) in [5.41, 5.74) is 17.8. The zero-order valence-corrected chi connectivity index (χ0v) is 7.79. The van der Waals surface area contributed by atoms with E-state index in [1.807, 2.05) is 0 Å². The molecule has 0 saturated heterocycles. The first-order chi connectivity index (χ1) is 4.22. The van der Waals surface area contributed by atoms with Crippen molar-refractivity contribution in [3.63, 3.8) is 0 Å². The summed E-state index contributed by atoms with van der Waals surface area (Å²) in [6.07, 6.45) is 0. The Morgan fingerprint density at radius 2 is 1.27 bits per heavy atom. The van der Waals surface area contributed by atoms with Crippen molar-refractivity contribution in [1.29, 1.82) is 0 Å². The number of nitrogens with two attached hydrogens (primary N) is 3. The third-order valence-electron chi connectivity index (χ3n) is 1.17. The van der Waals surface area contributed by atoms with Crippen LogP contribution in [-0.2, 0) is 0 Å². The number of rotatable bonds is 0. The van der Waals surface area contributed by atoms with Crippen LogP contribution in [-0.4, -0.2) is 0 Å². The molecule has 0 aliphatic carbocycles. The molecule has 0 amide bonds. The van der Waals surface area contributed by atoms with Gasteiger partial charge in [0.05, 0.1) is 17.1 Å². The van der Waals surface area contributed by atoms with E-state index in [4.69, 9.17) is 17.2 Å². The first-order valence-electron chi connectivity index (χ1n) is 2.61. The summed E-state index contributed by atoms with van der Waals surface area (Å²) in [5.74, 6) is 0. The average Bonchev–Trinajstić information content (AvgIpc) is 1.83. The van der Waals surface area contributed by atoms with Crippen LogP contribution >= 0.6 is 9.90 Å². The predicted molar refractivity (Wildman–Crippen MR) is 55.8 cm³/mol. The van der Waals surface area contributed by atoms with Gasteiger partial charge in [0.1, 0.15) is 0 Å². The fourth-order valence-corrected chi connectivity index (χ4v) is 0.602. The van der Waals surface area contributed by atoms with Crippen molar-refractivity contribution in [2.45, 2.75) is 0 Å². The van der Waals surface area contributed by atoms with Crippen LogP contribution in [0, 0.1) is 0 Å². The monoisotopic (exact) mass is 174 g/mol. The van der Waals surface area contributed by atoms with E-state index in [2.05, 4.69) is 0 Å². The first kappa shape index (κ1) is 12.7. The van der Waals surface area contributed by atoms with Gasteiger partial charge in [-0.1, -0.05) is 6.07 Å². The largest absolute Gasteiger partial charge is 0.397 e. The smallest absolute Gasteiger partial charge is 0.0781 e. The van der Waals surface area contributed by atoms with Gasteiger partial charge in [-0.2, -0.15) is 9.90 Å². The van der Waals surface area contributed by atoms with Crippen LogP contribution in [0.25, 0.3) is 0 Å². The van der Waals surface area contributed by atoms with Crippen LogP contribution in [0.3, 0.4) is 0 Å². The zero-order chi connectivity index (χ0) is 6.85. The molecule has 0 aliphatic rings. The average molecular weight is 174 g/mol. The molecule has 0 aliphatic heterocycles. The second-order valence-electron chi connectivity index (χ2n) is 1.85. The van der Waals surface area contributed by atoms with Gasteiger partial charge in [0.25, 0.3) is 0 Å². The minimum Gasteiger partial charge on any atom is -0.397 e. The van der Waals surface area contributed by atoms with Gasteiger partial charge in [-0.15, -0.1) is 0 Å². The summed E-state index contributed by atoms with van der Waals surface area (Å²) < 4.78 is 0. The van der Waals surface area contributed by atoms with Gasteiger partial charge < -0.3 is 23.4 Å². The quantitative estimate of drug-likeness (QED) is 0.341. The topological polar surface area (TPSA) is 113 Å². The molecule has 11 heavy (non-hydrogen) atoms. The lowest BCUT2D eigenvalue weighted by molar-refractivity contribution is 1.65. The SMILES string of the molecule is N.Nc1cccc(N)c1N.P. The Kier molecular flexibility index (Phi) is 5.49. The molecule has 1 atom stereocenters. The molecular formula is C6H15N4P. The molecule has 0 radical (unpaired) electrons. The van der Waals surface area contributed by atoms with E-state index in [1.165, 1.54) is 0 Å². The number of para-hydroxylation sites is 1. The number of hydrogen-bond donors (Lipinski definition) is 4. The van der Waals surface area contributed by atoms with E-state index in [9.17, 15) is 0 Å². The highest BCUT2D eigenvalue weighted by Crippen LogP contribution is 2.20. The molecule has 1 aromatic rings. The van der Waals surface area contributed by atoms with Crippen LogP contribution < -0.4 is 23.4 Å². The van der Waals surface area contributed by atoms with Gasteiger partial charge in [-0.25, -0.2) is 0 Å². The first-order valence-corrected chi connectivity index (χ1v) is 2.61. The van der Waals surface area contributed by atoms with Crippen molar-refractivity contribution in [1.82, 2.24) is 6.15 Å². The van der Waals surface area contributed by atoms with Crippen LogP contribution in [0.15, 0.2) is 18.2 Å². The van der Waals surface area contributed by atoms with E-state index in [1.54, 1.807) is 18.2 Å². The van der Waals surface area contributed by atoms with Gasteiger partial charge in [-0.05, 0) is 12.1 Å². The predicted octanol–water partition coefficient (Wildman–Crippen LogP) is 0.653. The van der Waals surface area contributed by atoms with E-state index < -0.39 is 0 Å². The molecule has 9 N–H and O–H groups in total. The fraction of sp³-hybridized carbons (Fsp3) is 0. The van der Waals surface area contributed by atoms with E-state index in [-0.39, 0.29) is 16.0 Å². The van der Waals surface area contributed by atoms with Gasteiger partial charge in [0, 0.05) is 0 Å². The molecule has 64 valence electrons. The molecular weight excluding hydrogens is 159 g/mol. The molecule has 0 bridgehead atoms. The van der Waals surface area contributed by atoms with Crippen LogP contribution in [0.2, 0.25) is 0 Å². The van der Waals surface area contributed by atoms with Crippen molar-refractivity contribution >= 4 is 27.0 Å². The minimum absolute atomic E-state index is 0. The molecule has 5 heteroatoms. The highest BCUT2D eigenvalue weighted by Gasteiger charge is 1.94. The van der Waals surface area contributed by atoms with E-state index in [0.29, 0.717) is 17.1 Å². The lowest BCUT2D eigenvalue weighted by Gasteiger charge is -2.00. The molecule has 0 fully saturated rings. The Balaban J connectivity index is 0. The van der Waals surface area contributed by atoms with Crippen molar-refractivity contribution in [3.8, 4) is 0 Å². The van der Waals surface area contributed by atoms with Crippen LogP contribution in [0.4, 0.5) is 17.1 Å². The second kappa shape index (κ2) is 4.77. The fourth-order valence-electron chi connectivity index (χ4n) is 0.602. The Labute approximate surface area is 69.3 Å². The summed E-state index contributed by atoms with van der Waals surface area (Å²) in [4.78, 5) is 0. The van der Waals surface area contributed by atoms with Gasteiger partial charge in [-0.3, -0.25) is 0 Å². The number of benzene rings is 1. The highest BCUT2D eigenvalue weighted by molar-refractivity contribution is 6.92. The number of hydrogen-bond acceptors (Lipinski definition) is 4. The van der Waals surface area contributed by atoms with Gasteiger partial charge in [0.2, 0.25) is 0 Å². The van der Waals surface area contributed by atoms with Gasteiger partial charge >= 0.3 is 0 Å². The molecule has 0 heterocycles. The summed E-state index contributed by atoms with van der Waals surface area (Å²) >= 11 is 0. The number of anilines is 3. The Morgan fingerprint density at radius 3 is 1.55 bits per heavy atom. The molecule has 1 rings (SSSR count). The van der Waals surface area contributed by atoms with Crippen molar-refractivity contribution in [2.75, 3.05) is 17.2 Å². The summed E-state index contributed by atoms with van der Waals surface area (Å²) in [6.45, 7) is 0. The summed E-state index contributed by atoms with van der Waals surface area (Å²) in [6, 6.07) is 5.19. The van der Waals surface area contributed by atoms with Crippen LogP contribution in [0.1, 0.15) is 0 Å². The van der Waals surface area contributed by atoms with Crippen molar-refractivity contribution in [2.24, 2.45) is 0 Å². The summed E-state index contributed by atoms with van der Waals surface area (Å²) in [5, 5.41) is 0. The molecule has 0 saturated carbocycles. The van der Waals surface area contributed by atoms with Gasteiger partial charge in [0.15, 0.2) is 0 Å². The maximum absolute atomic E-state index is 5.43. The molecule has 0 aromatic heterocycles. The maximum atomic E-state index is 5.43. The minimum atomic E-state index is 0. The molecule has 1 unspecified atom stereocenters. The van der Waals surface area contributed by atoms with Crippen molar-refractivity contribution < 1.29 is 0 Å². The lowest BCUT2D eigenvalue weighted by Crippen LogP contribution is -1.98. The Morgan fingerprint density at radius 1 is 0.909 bits per heavy atom. The summed E-state index contributed by atoms with van der Waals surface area (Å²) in [7, 11) is 0. The zero-order valence-electron chi connectivity index (χ0n) is 6.38. The van der Waals surface area contributed by atoms with Crippen LogP contribution in [0.5, 0.6) is 0 Å². The normalized spacial score (nSPS) is 7.64. The molecule has 0 spiro atoms. The molecule has 4 nitrogen and oxygen atoms in total. The number of nitrogen functional groups attached to an aromatic ring is 3. The Hall–Kier alpha value is -0.990. The Bertz CT molecular complexity index is 206. The highest BCUT2D eigenvalue weighted by atomic mass is 31.0. The molecule has 1 aromatic carbocycles. The maximum Gasteiger partial charge on any atom is 0.0781 e.